The van der Waals surface area contributed by atoms with E-state index < -0.39 is 42.4 Å². The van der Waals surface area contributed by atoms with E-state index in [1.807, 2.05) is 6.07 Å². The van der Waals surface area contributed by atoms with Crippen molar-refractivity contribution < 1.29 is 29.0 Å². The molecular formula is C19H26N2O6. The van der Waals surface area contributed by atoms with Crippen LogP contribution in [-0.2, 0) is 30.3 Å². The Labute approximate surface area is 158 Å². The SMILES string of the molecule is COC(C(C)C)[C@H](NC(=O)CC=O)C(=O)N[C@@H](Cc1ccccc1)C(=O)O. The standard InChI is InChI=1S/C19H26N2O6/c1-12(2)17(27-3)16(21-15(23)9-10-22)18(24)20-14(19(25)26)11-13-7-5-4-6-8-13/h4-8,10,12,14,16-17H,9,11H2,1-3H3,(H,20,24)(H,21,23)(H,25,26)/t14-,16-,17?/m0/s1. The van der Waals surface area contributed by atoms with Crippen LogP contribution in [-0.4, -0.2) is 54.5 Å². The van der Waals surface area contributed by atoms with Gasteiger partial charge in [-0.3, -0.25) is 9.59 Å². The molecule has 1 unspecified atom stereocenters. The van der Waals surface area contributed by atoms with Crippen LogP contribution in [0.1, 0.15) is 25.8 Å². The van der Waals surface area contributed by atoms with Crippen molar-refractivity contribution in [2.75, 3.05) is 7.11 Å². The number of hydrogen-bond acceptors (Lipinski definition) is 5. The Morgan fingerprint density at radius 2 is 1.78 bits per heavy atom. The molecule has 3 N–H and O–H groups in total. The summed E-state index contributed by atoms with van der Waals surface area (Å²) in [6.45, 7) is 3.61. The van der Waals surface area contributed by atoms with Crippen molar-refractivity contribution in [3.8, 4) is 0 Å². The number of nitrogens with one attached hydrogen (secondary N) is 2. The Morgan fingerprint density at radius 3 is 2.26 bits per heavy atom. The van der Waals surface area contributed by atoms with E-state index in [1.54, 1.807) is 38.1 Å². The molecule has 0 saturated heterocycles. The summed E-state index contributed by atoms with van der Waals surface area (Å²) in [6, 6.07) is 6.59. The van der Waals surface area contributed by atoms with Crippen molar-refractivity contribution >= 4 is 24.1 Å². The van der Waals surface area contributed by atoms with Crippen molar-refractivity contribution in [2.24, 2.45) is 5.92 Å². The Balaban J connectivity index is 2.97. The van der Waals surface area contributed by atoms with Crippen LogP contribution in [0.5, 0.6) is 0 Å². The molecule has 0 radical (unpaired) electrons. The van der Waals surface area contributed by atoms with E-state index in [0.717, 1.165) is 5.56 Å². The molecule has 0 aliphatic heterocycles. The first kappa shape index (κ1) is 22.3. The lowest BCUT2D eigenvalue weighted by atomic mass is 9.97. The molecule has 0 fully saturated rings. The van der Waals surface area contributed by atoms with Crippen molar-refractivity contribution in [2.45, 2.75) is 44.9 Å². The fraction of sp³-hybridized carbons (Fsp3) is 0.474. The first-order valence-electron chi connectivity index (χ1n) is 8.63. The van der Waals surface area contributed by atoms with Gasteiger partial charge in [0, 0.05) is 13.5 Å². The summed E-state index contributed by atoms with van der Waals surface area (Å²) in [6.07, 6.45) is -0.565. The van der Waals surface area contributed by atoms with E-state index in [1.165, 1.54) is 7.11 Å². The number of aldehydes is 1. The van der Waals surface area contributed by atoms with Crippen molar-refractivity contribution in [3.05, 3.63) is 35.9 Å². The molecule has 148 valence electrons. The molecule has 0 spiro atoms. The molecule has 0 saturated carbocycles. The summed E-state index contributed by atoms with van der Waals surface area (Å²) in [4.78, 5) is 46.7. The molecule has 8 nitrogen and oxygen atoms in total. The summed E-state index contributed by atoms with van der Waals surface area (Å²) in [5.74, 6) is -2.65. The van der Waals surface area contributed by atoms with Gasteiger partial charge in [0.05, 0.1) is 12.5 Å². The fourth-order valence-electron chi connectivity index (χ4n) is 2.71. The van der Waals surface area contributed by atoms with Gasteiger partial charge in [0.25, 0.3) is 0 Å². The average molecular weight is 378 g/mol. The molecule has 1 rings (SSSR count). The maximum atomic E-state index is 12.7. The van der Waals surface area contributed by atoms with E-state index in [0.29, 0.717) is 6.29 Å². The van der Waals surface area contributed by atoms with Gasteiger partial charge in [0.1, 0.15) is 18.4 Å². The lowest BCUT2D eigenvalue weighted by Crippen LogP contribution is -2.58. The second-order valence-corrected chi connectivity index (χ2v) is 6.45. The number of amides is 2. The normalized spacial score (nSPS) is 14.1. The molecule has 0 bridgehead atoms. The van der Waals surface area contributed by atoms with E-state index >= 15 is 0 Å². The molecule has 1 aromatic carbocycles. The highest BCUT2D eigenvalue weighted by Gasteiger charge is 2.34. The Kier molecular flexibility index (Phi) is 9.15. The fourth-order valence-corrected chi connectivity index (χ4v) is 2.71. The molecule has 0 aromatic heterocycles. The zero-order valence-electron chi connectivity index (χ0n) is 15.7. The molecule has 27 heavy (non-hydrogen) atoms. The summed E-state index contributed by atoms with van der Waals surface area (Å²) in [5.41, 5.74) is 0.749. The number of benzene rings is 1. The predicted octanol–water partition coefficient (Wildman–Crippen LogP) is 0.543. The van der Waals surface area contributed by atoms with Crippen molar-refractivity contribution in [3.63, 3.8) is 0 Å². The van der Waals surface area contributed by atoms with E-state index in [9.17, 15) is 24.3 Å². The summed E-state index contributed by atoms with van der Waals surface area (Å²) in [7, 11) is 1.40. The molecular weight excluding hydrogens is 352 g/mol. The van der Waals surface area contributed by atoms with Crippen molar-refractivity contribution in [1.29, 1.82) is 0 Å². The van der Waals surface area contributed by atoms with Gasteiger partial charge >= 0.3 is 5.97 Å². The molecule has 1 aromatic rings. The lowest BCUT2D eigenvalue weighted by Gasteiger charge is -2.29. The van der Waals surface area contributed by atoms with Gasteiger partial charge in [0.15, 0.2) is 0 Å². The Hall–Kier alpha value is -2.74. The summed E-state index contributed by atoms with van der Waals surface area (Å²) >= 11 is 0. The smallest absolute Gasteiger partial charge is 0.326 e. The van der Waals surface area contributed by atoms with Gasteiger partial charge in [-0.2, -0.15) is 0 Å². The van der Waals surface area contributed by atoms with Gasteiger partial charge in [0.2, 0.25) is 11.8 Å². The van der Waals surface area contributed by atoms with Crippen LogP contribution >= 0.6 is 0 Å². The molecule has 0 heterocycles. The highest BCUT2D eigenvalue weighted by Crippen LogP contribution is 2.12. The number of rotatable bonds is 11. The van der Waals surface area contributed by atoms with Gasteiger partial charge in [-0.05, 0) is 11.5 Å². The monoisotopic (exact) mass is 378 g/mol. The number of carboxylic acids is 1. The van der Waals surface area contributed by atoms with Crippen LogP contribution in [0.25, 0.3) is 0 Å². The zero-order chi connectivity index (χ0) is 20.4. The van der Waals surface area contributed by atoms with Crippen LogP contribution in [0.4, 0.5) is 0 Å². The minimum Gasteiger partial charge on any atom is -0.480 e. The third-order valence-electron chi connectivity index (χ3n) is 4.02. The molecule has 0 aliphatic carbocycles. The summed E-state index contributed by atoms with van der Waals surface area (Å²) < 4.78 is 5.32. The first-order chi connectivity index (χ1) is 12.8. The topological polar surface area (TPSA) is 122 Å². The largest absolute Gasteiger partial charge is 0.480 e. The number of carboxylic acid groups (broad SMARTS) is 1. The highest BCUT2D eigenvalue weighted by molar-refractivity contribution is 5.94. The van der Waals surface area contributed by atoms with Crippen LogP contribution in [0.15, 0.2) is 30.3 Å². The number of methoxy groups -OCH3 is 1. The average Bonchev–Trinajstić information content (AvgIpc) is 2.61. The quantitative estimate of drug-likeness (QED) is 0.382. The summed E-state index contributed by atoms with van der Waals surface area (Å²) in [5, 5.41) is 14.4. The second-order valence-electron chi connectivity index (χ2n) is 6.45. The van der Waals surface area contributed by atoms with Gasteiger partial charge in [-0.1, -0.05) is 44.2 Å². The van der Waals surface area contributed by atoms with Crippen LogP contribution in [0.2, 0.25) is 0 Å². The van der Waals surface area contributed by atoms with Gasteiger partial charge in [-0.15, -0.1) is 0 Å². The minimum atomic E-state index is -1.19. The maximum Gasteiger partial charge on any atom is 0.326 e. The zero-order valence-corrected chi connectivity index (χ0v) is 15.7. The maximum absolute atomic E-state index is 12.7. The van der Waals surface area contributed by atoms with E-state index in [4.69, 9.17) is 4.74 Å². The second kappa shape index (κ2) is 11.1. The predicted molar refractivity (Wildman–Crippen MR) is 98.0 cm³/mol. The third kappa shape index (κ3) is 7.18. The number of carbonyl (C=O) groups excluding carboxylic acids is 3. The molecule has 3 atom stereocenters. The number of hydrogen-bond donors (Lipinski definition) is 3. The first-order valence-corrected chi connectivity index (χ1v) is 8.63. The number of carbonyl (C=O) groups is 4. The lowest BCUT2D eigenvalue weighted by molar-refractivity contribution is -0.143. The van der Waals surface area contributed by atoms with Crippen LogP contribution < -0.4 is 10.6 Å². The van der Waals surface area contributed by atoms with Gasteiger partial charge in [-0.25, -0.2) is 4.79 Å². The molecule has 2 amide bonds. The Morgan fingerprint density at radius 1 is 1.15 bits per heavy atom. The number of ether oxygens (including phenoxy) is 1. The van der Waals surface area contributed by atoms with Gasteiger partial charge < -0.3 is 25.3 Å². The number of aliphatic carboxylic acids is 1. The van der Waals surface area contributed by atoms with Crippen molar-refractivity contribution in [1.82, 2.24) is 10.6 Å². The van der Waals surface area contributed by atoms with Crippen LogP contribution in [0, 0.1) is 5.92 Å². The molecule has 0 aliphatic rings. The van der Waals surface area contributed by atoms with E-state index in [2.05, 4.69) is 10.6 Å². The van der Waals surface area contributed by atoms with E-state index in [-0.39, 0.29) is 12.3 Å². The molecule has 8 heteroatoms. The minimum absolute atomic E-state index is 0.0935. The third-order valence-corrected chi connectivity index (χ3v) is 4.02. The van der Waals surface area contributed by atoms with Crippen LogP contribution in [0.3, 0.4) is 0 Å². The Bertz CT molecular complexity index is 647. The highest BCUT2D eigenvalue weighted by atomic mass is 16.5.